The molecule has 0 aliphatic heterocycles. The van der Waals surface area contributed by atoms with Gasteiger partial charge in [-0.05, 0) is 13.3 Å². The summed E-state index contributed by atoms with van der Waals surface area (Å²) in [5, 5.41) is 17.8. The lowest BCUT2D eigenvalue weighted by Gasteiger charge is -1.98. The fraction of sp³-hybridized carbons (Fsp3) is 0.667. The van der Waals surface area contributed by atoms with E-state index in [0.29, 0.717) is 11.6 Å². The van der Waals surface area contributed by atoms with Crippen LogP contribution < -0.4 is 5.73 Å². The lowest BCUT2D eigenvalue weighted by Crippen LogP contribution is -2.00. The number of aryl methyl sites for hydroxylation is 1. The van der Waals surface area contributed by atoms with Crippen molar-refractivity contribution in [2.45, 2.75) is 25.9 Å². The second kappa shape index (κ2) is 3.64. The minimum atomic E-state index is -0.278. The molecular formula is C6H11N3OS. The Balaban J connectivity index is 2.39. The maximum atomic E-state index is 8.95. The number of nitrogen functional groups attached to an aromatic ring is 1. The monoisotopic (exact) mass is 173 g/mol. The third-order valence-electron chi connectivity index (χ3n) is 1.26. The van der Waals surface area contributed by atoms with Crippen molar-refractivity contribution in [3.63, 3.8) is 0 Å². The molecule has 1 rings (SSSR count). The van der Waals surface area contributed by atoms with E-state index in [1.54, 1.807) is 6.92 Å². The van der Waals surface area contributed by atoms with Crippen molar-refractivity contribution >= 4 is 16.5 Å². The summed E-state index contributed by atoms with van der Waals surface area (Å²) in [6, 6.07) is 0. The summed E-state index contributed by atoms with van der Waals surface area (Å²) < 4.78 is 0. The van der Waals surface area contributed by atoms with Crippen LogP contribution in [-0.2, 0) is 6.42 Å². The Kier molecular flexibility index (Phi) is 2.78. The van der Waals surface area contributed by atoms with E-state index in [2.05, 4.69) is 10.2 Å². The molecule has 0 saturated heterocycles. The molecule has 62 valence electrons. The summed E-state index contributed by atoms with van der Waals surface area (Å²) >= 11 is 1.37. The number of aromatic nitrogens is 2. The van der Waals surface area contributed by atoms with Gasteiger partial charge in [0.1, 0.15) is 5.01 Å². The first-order valence-corrected chi connectivity index (χ1v) is 4.26. The van der Waals surface area contributed by atoms with E-state index < -0.39 is 0 Å². The lowest BCUT2D eigenvalue weighted by atomic mass is 10.2. The van der Waals surface area contributed by atoms with E-state index >= 15 is 0 Å². The molecule has 0 bridgehead atoms. The molecule has 11 heavy (non-hydrogen) atoms. The van der Waals surface area contributed by atoms with E-state index in [1.165, 1.54) is 11.3 Å². The first kappa shape index (κ1) is 8.42. The van der Waals surface area contributed by atoms with E-state index in [-0.39, 0.29) is 6.10 Å². The van der Waals surface area contributed by atoms with Gasteiger partial charge in [0, 0.05) is 6.42 Å². The second-order valence-corrected chi connectivity index (χ2v) is 3.52. The molecule has 0 radical (unpaired) electrons. The zero-order chi connectivity index (χ0) is 8.27. The van der Waals surface area contributed by atoms with Gasteiger partial charge in [0.2, 0.25) is 5.13 Å². The smallest absolute Gasteiger partial charge is 0.203 e. The SMILES string of the molecule is CC(O)CCc1nnc(N)s1. The number of aliphatic hydroxyl groups is 1. The molecule has 1 aromatic rings. The van der Waals surface area contributed by atoms with Crippen LogP contribution in [-0.4, -0.2) is 21.4 Å². The average molecular weight is 173 g/mol. The number of hydrogen-bond acceptors (Lipinski definition) is 5. The zero-order valence-corrected chi connectivity index (χ0v) is 7.14. The fourth-order valence-corrected chi connectivity index (χ4v) is 1.32. The number of nitrogens with two attached hydrogens (primary N) is 1. The van der Waals surface area contributed by atoms with Crippen LogP contribution in [0.25, 0.3) is 0 Å². The van der Waals surface area contributed by atoms with Gasteiger partial charge in [-0.2, -0.15) is 0 Å². The van der Waals surface area contributed by atoms with E-state index in [1.807, 2.05) is 0 Å². The minimum absolute atomic E-state index is 0.278. The summed E-state index contributed by atoms with van der Waals surface area (Å²) in [5.41, 5.74) is 5.37. The maximum absolute atomic E-state index is 8.95. The van der Waals surface area contributed by atoms with Crippen LogP contribution in [0.2, 0.25) is 0 Å². The number of rotatable bonds is 3. The highest BCUT2D eigenvalue weighted by atomic mass is 32.1. The molecule has 0 saturated carbocycles. The Morgan fingerprint density at radius 3 is 2.82 bits per heavy atom. The van der Waals surface area contributed by atoms with Crippen LogP contribution >= 0.6 is 11.3 Å². The fourth-order valence-electron chi connectivity index (χ4n) is 0.700. The molecule has 1 atom stereocenters. The lowest BCUT2D eigenvalue weighted by molar-refractivity contribution is 0.185. The van der Waals surface area contributed by atoms with Gasteiger partial charge in [0.05, 0.1) is 6.10 Å². The Morgan fingerprint density at radius 1 is 1.64 bits per heavy atom. The van der Waals surface area contributed by atoms with Gasteiger partial charge in [-0.1, -0.05) is 11.3 Å². The maximum Gasteiger partial charge on any atom is 0.203 e. The molecule has 5 heteroatoms. The highest BCUT2D eigenvalue weighted by Crippen LogP contribution is 2.13. The van der Waals surface area contributed by atoms with Gasteiger partial charge in [-0.15, -0.1) is 10.2 Å². The van der Waals surface area contributed by atoms with Gasteiger partial charge in [0.15, 0.2) is 0 Å². The molecule has 0 aliphatic carbocycles. The van der Waals surface area contributed by atoms with Crippen LogP contribution in [0.5, 0.6) is 0 Å². The predicted molar refractivity (Wildman–Crippen MR) is 44.3 cm³/mol. The average Bonchev–Trinajstić information content (AvgIpc) is 2.31. The summed E-state index contributed by atoms with van der Waals surface area (Å²) in [6.45, 7) is 1.75. The molecule has 0 fully saturated rings. The summed E-state index contributed by atoms with van der Waals surface area (Å²) in [4.78, 5) is 0. The number of aliphatic hydroxyl groups excluding tert-OH is 1. The van der Waals surface area contributed by atoms with Gasteiger partial charge < -0.3 is 10.8 Å². The van der Waals surface area contributed by atoms with Crippen LogP contribution in [0.3, 0.4) is 0 Å². The number of nitrogens with zero attached hydrogens (tertiary/aromatic N) is 2. The third-order valence-corrected chi connectivity index (χ3v) is 2.07. The number of hydrogen-bond donors (Lipinski definition) is 2. The standard InChI is InChI=1S/C6H11N3OS/c1-4(10)2-3-5-8-9-6(7)11-5/h4,10H,2-3H2,1H3,(H2,7,9). The molecule has 3 N–H and O–H groups in total. The van der Waals surface area contributed by atoms with Crippen LogP contribution in [0, 0.1) is 0 Å². The van der Waals surface area contributed by atoms with Crippen LogP contribution in [0.15, 0.2) is 0 Å². The van der Waals surface area contributed by atoms with Gasteiger partial charge in [0.25, 0.3) is 0 Å². The largest absolute Gasteiger partial charge is 0.393 e. The summed E-state index contributed by atoms with van der Waals surface area (Å²) in [7, 11) is 0. The normalized spacial score (nSPS) is 13.3. The van der Waals surface area contributed by atoms with Gasteiger partial charge in [-0.25, -0.2) is 0 Å². The van der Waals surface area contributed by atoms with E-state index in [4.69, 9.17) is 10.8 Å². The Bertz CT molecular complexity index is 223. The molecule has 0 spiro atoms. The molecule has 0 aromatic carbocycles. The molecular weight excluding hydrogens is 162 g/mol. The Morgan fingerprint density at radius 2 is 2.36 bits per heavy atom. The van der Waals surface area contributed by atoms with Crippen molar-refractivity contribution in [3.8, 4) is 0 Å². The minimum Gasteiger partial charge on any atom is -0.393 e. The van der Waals surface area contributed by atoms with Crippen LogP contribution in [0.1, 0.15) is 18.4 Å². The molecule has 0 amide bonds. The van der Waals surface area contributed by atoms with Crippen molar-refractivity contribution < 1.29 is 5.11 Å². The van der Waals surface area contributed by atoms with Crippen molar-refractivity contribution in [1.29, 1.82) is 0 Å². The first-order chi connectivity index (χ1) is 5.18. The third kappa shape index (κ3) is 2.81. The van der Waals surface area contributed by atoms with Crippen LogP contribution in [0.4, 0.5) is 5.13 Å². The van der Waals surface area contributed by atoms with Crippen molar-refractivity contribution in [3.05, 3.63) is 5.01 Å². The van der Waals surface area contributed by atoms with Gasteiger partial charge in [-0.3, -0.25) is 0 Å². The Hall–Kier alpha value is -0.680. The summed E-state index contributed by atoms with van der Waals surface area (Å²) in [5.74, 6) is 0. The first-order valence-electron chi connectivity index (χ1n) is 3.44. The quantitative estimate of drug-likeness (QED) is 0.695. The highest BCUT2D eigenvalue weighted by molar-refractivity contribution is 7.15. The Labute approximate surface area is 69.1 Å². The van der Waals surface area contributed by atoms with Crippen molar-refractivity contribution in [1.82, 2.24) is 10.2 Å². The molecule has 1 heterocycles. The van der Waals surface area contributed by atoms with E-state index in [0.717, 1.165) is 11.4 Å². The summed E-state index contributed by atoms with van der Waals surface area (Å²) in [6.07, 6.45) is 1.20. The predicted octanol–water partition coefficient (Wildman–Crippen LogP) is 0.434. The zero-order valence-electron chi connectivity index (χ0n) is 6.32. The van der Waals surface area contributed by atoms with E-state index in [9.17, 15) is 0 Å². The molecule has 1 aromatic heterocycles. The molecule has 0 aliphatic rings. The van der Waals surface area contributed by atoms with Crippen molar-refractivity contribution in [2.75, 3.05) is 5.73 Å². The van der Waals surface area contributed by atoms with Crippen molar-refractivity contribution in [2.24, 2.45) is 0 Å². The highest BCUT2D eigenvalue weighted by Gasteiger charge is 2.02. The molecule has 1 unspecified atom stereocenters. The topological polar surface area (TPSA) is 72.0 Å². The van der Waals surface area contributed by atoms with Gasteiger partial charge >= 0.3 is 0 Å². The second-order valence-electron chi connectivity index (χ2n) is 2.42. The molecule has 4 nitrogen and oxygen atoms in total. The number of anilines is 1.